The molecule has 2 nitrogen and oxygen atoms in total. The highest BCUT2D eigenvalue weighted by Crippen LogP contribution is 2.25. The Bertz CT molecular complexity index is 230. The average Bonchev–Trinajstić information content (AvgIpc) is 3.19. The van der Waals surface area contributed by atoms with Gasteiger partial charge >= 0.3 is 0 Å². The van der Waals surface area contributed by atoms with Crippen LogP contribution in [0.4, 0.5) is 0 Å². The van der Waals surface area contributed by atoms with E-state index in [2.05, 4.69) is 42.7 Å². The van der Waals surface area contributed by atoms with Gasteiger partial charge in [0.05, 0.1) is 0 Å². The van der Waals surface area contributed by atoms with Gasteiger partial charge in [-0.1, -0.05) is 13.8 Å². The summed E-state index contributed by atoms with van der Waals surface area (Å²) in [5, 5.41) is 4.54. The van der Waals surface area contributed by atoms with Gasteiger partial charge in [-0.15, -0.1) is 0 Å². The minimum Gasteiger partial charge on any atom is -0.314 e. The summed E-state index contributed by atoms with van der Waals surface area (Å²) in [7, 11) is 0. The summed E-state index contributed by atoms with van der Waals surface area (Å²) in [4.78, 5) is 2.71. The molecule has 0 spiro atoms. The first-order valence-electron chi connectivity index (χ1n) is 7.29. The summed E-state index contributed by atoms with van der Waals surface area (Å²) in [6.07, 6.45) is 4.13. The van der Waals surface area contributed by atoms with Crippen LogP contribution < -0.4 is 5.32 Å². The van der Waals surface area contributed by atoms with Crippen molar-refractivity contribution in [3.05, 3.63) is 0 Å². The molecule has 3 unspecified atom stereocenters. The molecule has 1 aliphatic heterocycles. The fourth-order valence-corrected chi connectivity index (χ4v) is 3.74. The Morgan fingerprint density at radius 3 is 2.76 bits per heavy atom. The Hall–Kier alpha value is 0.270. The highest BCUT2D eigenvalue weighted by atomic mass is 32.2. The first-order valence-corrected chi connectivity index (χ1v) is 8.34. The largest absolute Gasteiger partial charge is 0.314 e. The number of nitrogens with one attached hydrogen (secondary N) is 1. The molecule has 3 heteroatoms. The summed E-state index contributed by atoms with van der Waals surface area (Å²) < 4.78 is 0. The summed E-state index contributed by atoms with van der Waals surface area (Å²) in [5.41, 5.74) is 0. The normalized spacial score (nSPS) is 30.2. The van der Waals surface area contributed by atoms with Crippen molar-refractivity contribution >= 4 is 11.8 Å². The SMILES string of the molecule is CCC1CN(C(C)C(C)CNC2CC2)CCS1. The molecule has 1 saturated carbocycles. The molecule has 0 aromatic heterocycles. The van der Waals surface area contributed by atoms with Crippen LogP contribution in [0.15, 0.2) is 0 Å². The topological polar surface area (TPSA) is 15.3 Å². The van der Waals surface area contributed by atoms with Gasteiger partial charge in [0.1, 0.15) is 0 Å². The smallest absolute Gasteiger partial charge is 0.0172 e. The molecule has 1 aliphatic carbocycles. The molecule has 2 aliphatic rings. The highest BCUT2D eigenvalue weighted by molar-refractivity contribution is 8.00. The second-order valence-electron chi connectivity index (χ2n) is 5.80. The molecule has 17 heavy (non-hydrogen) atoms. The van der Waals surface area contributed by atoms with Gasteiger partial charge in [0.15, 0.2) is 0 Å². The maximum absolute atomic E-state index is 3.67. The zero-order valence-electron chi connectivity index (χ0n) is 11.6. The molecule has 0 aromatic carbocycles. The Kier molecular flexibility index (Phi) is 5.19. The van der Waals surface area contributed by atoms with Gasteiger partial charge < -0.3 is 5.32 Å². The number of hydrogen-bond acceptors (Lipinski definition) is 3. The lowest BCUT2D eigenvalue weighted by molar-refractivity contribution is 0.163. The standard InChI is InChI=1S/C14H28N2S/c1-4-14-10-16(7-8-17-14)12(3)11(2)9-15-13-5-6-13/h11-15H,4-10H2,1-3H3. The predicted octanol–water partition coefficient (Wildman–Crippen LogP) is 2.59. The molecule has 100 valence electrons. The molecule has 0 aromatic rings. The maximum atomic E-state index is 3.67. The van der Waals surface area contributed by atoms with Crippen molar-refractivity contribution in [3.63, 3.8) is 0 Å². The fraction of sp³-hybridized carbons (Fsp3) is 1.00. The van der Waals surface area contributed by atoms with Crippen molar-refractivity contribution in [2.45, 2.75) is 57.4 Å². The fourth-order valence-electron chi connectivity index (χ4n) is 2.53. The van der Waals surface area contributed by atoms with Crippen LogP contribution in [0.3, 0.4) is 0 Å². The van der Waals surface area contributed by atoms with Crippen LogP contribution in [-0.2, 0) is 0 Å². The monoisotopic (exact) mass is 256 g/mol. The zero-order valence-corrected chi connectivity index (χ0v) is 12.4. The van der Waals surface area contributed by atoms with Crippen LogP contribution in [0.5, 0.6) is 0 Å². The third-order valence-corrected chi connectivity index (χ3v) is 5.70. The quantitative estimate of drug-likeness (QED) is 0.786. The van der Waals surface area contributed by atoms with Crippen LogP contribution in [0.1, 0.15) is 40.0 Å². The van der Waals surface area contributed by atoms with E-state index in [1.165, 1.54) is 44.6 Å². The van der Waals surface area contributed by atoms with E-state index in [9.17, 15) is 0 Å². The van der Waals surface area contributed by atoms with Gasteiger partial charge in [0.2, 0.25) is 0 Å². The Balaban J connectivity index is 1.74. The van der Waals surface area contributed by atoms with Crippen LogP contribution in [-0.4, -0.2) is 47.6 Å². The molecule has 0 amide bonds. The summed E-state index contributed by atoms with van der Waals surface area (Å²) in [5.74, 6) is 2.10. The van der Waals surface area contributed by atoms with E-state index in [1.807, 2.05) is 0 Å². The van der Waals surface area contributed by atoms with Gasteiger partial charge in [-0.2, -0.15) is 11.8 Å². The van der Waals surface area contributed by atoms with E-state index in [4.69, 9.17) is 0 Å². The van der Waals surface area contributed by atoms with Crippen molar-refractivity contribution in [1.82, 2.24) is 10.2 Å². The first-order chi connectivity index (χ1) is 8.20. The highest BCUT2D eigenvalue weighted by Gasteiger charge is 2.27. The van der Waals surface area contributed by atoms with Crippen molar-refractivity contribution in [1.29, 1.82) is 0 Å². The van der Waals surface area contributed by atoms with Crippen LogP contribution in [0, 0.1) is 5.92 Å². The van der Waals surface area contributed by atoms with Crippen molar-refractivity contribution in [2.75, 3.05) is 25.4 Å². The lowest BCUT2D eigenvalue weighted by Crippen LogP contribution is -2.47. The van der Waals surface area contributed by atoms with Crippen LogP contribution in [0.25, 0.3) is 0 Å². The third kappa shape index (κ3) is 4.15. The minimum absolute atomic E-state index is 0.733. The molecule has 2 fully saturated rings. The summed E-state index contributed by atoms with van der Waals surface area (Å²) in [6, 6.07) is 1.58. The summed E-state index contributed by atoms with van der Waals surface area (Å²) in [6.45, 7) is 10.9. The Morgan fingerprint density at radius 1 is 1.35 bits per heavy atom. The molecular formula is C14H28N2S. The van der Waals surface area contributed by atoms with Crippen molar-refractivity contribution in [2.24, 2.45) is 5.92 Å². The molecule has 2 rings (SSSR count). The van der Waals surface area contributed by atoms with Crippen molar-refractivity contribution in [3.8, 4) is 0 Å². The van der Waals surface area contributed by atoms with Gasteiger partial charge in [0.25, 0.3) is 0 Å². The van der Waals surface area contributed by atoms with Crippen LogP contribution in [0.2, 0.25) is 0 Å². The number of rotatable bonds is 6. The van der Waals surface area contributed by atoms with E-state index in [1.54, 1.807) is 0 Å². The van der Waals surface area contributed by atoms with E-state index < -0.39 is 0 Å². The molecule has 1 heterocycles. The lowest BCUT2D eigenvalue weighted by atomic mass is 10.0. The zero-order chi connectivity index (χ0) is 12.3. The Morgan fingerprint density at radius 2 is 2.12 bits per heavy atom. The van der Waals surface area contributed by atoms with E-state index in [0.29, 0.717) is 0 Å². The first kappa shape index (κ1) is 13.7. The molecule has 0 bridgehead atoms. The Labute approximate surface area is 111 Å². The van der Waals surface area contributed by atoms with E-state index in [0.717, 1.165) is 23.3 Å². The van der Waals surface area contributed by atoms with Crippen molar-refractivity contribution < 1.29 is 0 Å². The van der Waals surface area contributed by atoms with Gasteiger partial charge in [-0.25, -0.2) is 0 Å². The van der Waals surface area contributed by atoms with E-state index in [-0.39, 0.29) is 0 Å². The molecule has 3 atom stereocenters. The van der Waals surface area contributed by atoms with E-state index >= 15 is 0 Å². The molecule has 0 radical (unpaired) electrons. The average molecular weight is 256 g/mol. The maximum Gasteiger partial charge on any atom is 0.0172 e. The molecule has 1 saturated heterocycles. The van der Waals surface area contributed by atoms with Gasteiger partial charge in [-0.3, -0.25) is 4.90 Å². The number of thioether (sulfide) groups is 1. The second kappa shape index (κ2) is 6.44. The molecular weight excluding hydrogens is 228 g/mol. The number of nitrogens with zero attached hydrogens (tertiary/aromatic N) is 1. The summed E-state index contributed by atoms with van der Waals surface area (Å²) >= 11 is 2.17. The molecule has 1 N–H and O–H groups in total. The predicted molar refractivity (Wildman–Crippen MR) is 77.8 cm³/mol. The minimum atomic E-state index is 0.733. The second-order valence-corrected chi connectivity index (χ2v) is 7.20. The van der Waals surface area contributed by atoms with Crippen LogP contribution >= 0.6 is 11.8 Å². The van der Waals surface area contributed by atoms with Gasteiger partial charge in [0, 0.05) is 36.2 Å². The number of hydrogen-bond donors (Lipinski definition) is 1. The lowest BCUT2D eigenvalue weighted by Gasteiger charge is -2.39. The van der Waals surface area contributed by atoms with Gasteiger partial charge in [-0.05, 0) is 38.6 Å². The third-order valence-electron chi connectivity index (χ3n) is 4.33.